The monoisotopic (exact) mass is 779 g/mol. The summed E-state index contributed by atoms with van der Waals surface area (Å²) in [6.07, 6.45) is 10.4. The molecule has 0 spiro atoms. The van der Waals surface area contributed by atoms with Crippen molar-refractivity contribution in [3.8, 4) is 0 Å². The number of hydrogen-bond acceptors (Lipinski definition) is 12. The van der Waals surface area contributed by atoms with Crippen LogP contribution in [0.5, 0.6) is 0 Å². The van der Waals surface area contributed by atoms with Crippen molar-refractivity contribution in [1.82, 2.24) is 79.7 Å². The molecule has 282 valence electrons. The van der Waals surface area contributed by atoms with Crippen LogP contribution in [0.15, 0.2) is 109 Å². The second-order valence-electron chi connectivity index (χ2n) is 14.3. The third-order valence-electron chi connectivity index (χ3n) is 11.0. The highest BCUT2D eigenvalue weighted by molar-refractivity contribution is 6.21. The molecule has 0 atom stereocenters. The fourth-order valence-corrected chi connectivity index (χ4v) is 8.27. The van der Waals surface area contributed by atoms with Crippen LogP contribution in [-0.2, 0) is 6.42 Å². The molecule has 0 saturated carbocycles. The highest BCUT2D eigenvalue weighted by Gasteiger charge is 2.21. The lowest BCUT2D eigenvalue weighted by atomic mass is 9.97. The van der Waals surface area contributed by atoms with Crippen molar-refractivity contribution in [3.63, 3.8) is 0 Å². The predicted octanol–water partition coefficient (Wildman–Crippen LogP) is 7.99. The van der Waals surface area contributed by atoms with E-state index in [2.05, 4.69) is 158 Å². The third kappa shape index (κ3) is 4.73. The van der Waals surface area contributed by atoms with Crippen LogP contribution in [0.1, 0.15) is 5.69 Å². The van der Waals surface area contributed by atoms with Crippen molar-refractivity contribution in [2.75, 3.05) is 0 Å². The van der Waals surface area contributed by atoms with E-state index in [1.165, 1.54) is 45.0 Å². The zero-order chi connectivity index (χ0) is 39.3. The van der Waals surface area contributed by atoms with Crippen LogP contribution in [0, 0.1) is 0 Å². The molecule has 1 aliphatic heterocycles. The standard InChI is InChI=1S/C18H12.C16H7N11.C9H6N6/c1-3-7-15-13(5-1)9-11-18-16-8-4-2-6-14(16)10-12-17(15)18;1-2-17-12-5(1)22-6-7(23-12)9-11(27-16-15(25-9)20-4-21-16)10-8(6)24-13-14(26-10)19-3-18-13;1-10-4-5(11-1)7-9(15-3-13-7)8-6(4)12-2-14-8/h1-12H;2-4,22-23H,1H2;1-3H,(H,10,11)(H,12,14)(H,13,15). The number of H-pyrrole nitrogens is 5. The molecule has 9 heterocycles. The van der Waals surface area contributed by atoms with Gasteiger partial charge in [0.05, 0.1) is 52.3 Å². The average molecular weight is 780 g/mol. The Bertz CT molecular complexity index is 3810. The SMILES string of the molecule is C1=Nc2[nH]c3c4nc5ncnc5nc4c4nc5ncnc5nc4c3[nH]c2C1.c1ccc2c(c1)ccc1c3ccccc3ccc21.c1nc2c3nc[nH]c3c3[nH]cnc3c2[nH]1. The van der Waals surface area contributed by atoms with Crippen molar-refractivity contribution in [3.05, 3.63) is 110 Å². The van der Waals surface area contributed by atoms with Gasteiger partial charge < -0.3 is 24.9 Å². The summed E-state index contributed by atoms with van der Waals surface area (Å²) in [5.41, 5.74) is 12.2. The number of rotatable bonds is 0. The molecule has 0 bridgehead atoms. The van der Waals surface area contributed by atoms with E-state index >= 15 is 0 Å². The molecule has 0 radical (unpaired) electrons. The second-order valence-corrected chi connectivity index (χ2v) is 14.3. The first-order valence-corrected chi connectivity index (χ1v) is 19.0. The lowest BCUT2D eigenvalue weighted by Gasteiger charge is -2.10. The van der Waals surface area contributed by atoms with Gasteiger partial charge in [0, 0.05) is 12.6 Å². The van der Waals surface area contributed by atoms with Crippen LogP contribution in [0.2, 0.25) is 0 Å². The highest BCUT2D eigenvalue weighted by atomic mass is 15.1. The number of imidazole rings is 5. The van der Waals surface area contributed by atoms with Gasteiger partial charge in [-0.3, -0.25) is 0 Å². The Balaban J connectivity index is 0.0000000977. The third-order valence-corrected chi connectivity index (χ3v) is 11.0. The molecule has 15 rings (SSSR count). The highest BCUT2D eigenvalue weighted by Crippen LogP contribution is 2.35. The lowest BCUT2D eigenvalue weighted by molar-refractivity contribution is 1.17. The molecule has 17 heteroatoms. The molecule has 0 saturated heterocycles. The topological polar surface area (TPSA) is 233 Å². The molecular weight excluding hydrogens is 755 g/mol. The summed E-state index contributed by atoms with van der Waals surface area (Å²) < 4.78 is 0. The van der Waals surface area contributed by atoms with E-state index in [0.29, 0.717) is 51.1 Å². The largest absolute Gasteiger partial charge is 0.352 e. The number of hydrogen-bond donors (Lipinski definition) is 5. The lowest BCUT2D eigenvalue weighted by Crippen LogP contribution is -1.99. The fraction of sp³-hybridized carbons (Fsp3) is 0.0233. The van der Waals surface area contributed by atoms with Gasteiger partial charge in [0.1, 0.15) is 57.1 Å². The number of aliphatic imine (C=N–C) groups is 1. The maximum atomic E-state index is 4.68. The van der Waals surface area contributed by atoms with Crippen molar-refractivity contribution >= 4 is 133 Å². The van der Waals surface area contributed by atoms with Crippen LogP contribution in [-0.4, -0.2) is 86.0 Å². The molecule has 0 aliphatic carbocycles. The number of nitrogens with zero attached hydrogens (tertiary/aromatic N) is 12. The van der Waals surface area contributed by atoms with Gasteiger partial charge in [-0.05, 0) is 32.3 Å². The summed E-state index contributed by atoms with van der Waals surface area (Å²) in [7, 11) is 0. The summed E-state index contributed by atoms with van der Waals surface area (Å²) in [5, 5.41) is 7.96. The van der Waals surface area contributed by atoms with Crippen LogP contribution < -0.4 is 0 Å². The molecule has 6 aromatic carbocycles. The average Bonchev–Trinajstić information content (AvgIpc) is 4.15. The smallest absolute Gasteiger partial charge is 0.200 e. The quantitative estimate of drug-likeness (QED) is 0.0925. The first-order chi connectivity index (χ1) is 29.7. The Hall–Kier alpha value is -8.86. The summed E-state index contributed by atoms with van der Waals surface area (Å²) in [6.45, 7) is 0. The zero-order valence-corrected chi connectivity index (χ0v) is 31.0. The minimum Gasteiger partial charge on any atom is -0.352 e. The van der Waals surface area contributed by atoms with Gasteiger partial charge in [-0.15, -0.1) is 0 Å². The molecule has 1 aliphatic rings. The van der Waals surface area contributed by atoms with E-state index in [0.717, 1.165) is 55.6 Å². The number of fused-ring (bicyclic) bond motifs is 20. The molecule has 8 aromatic heterocycles. The maximum Gasteiger partial charge on any atom is 0.200 e. The van der Waals surface area contributed by atoms with Gasteiger partial charge >= 0.3 is 0 Å². The fourth-order valence-electron chi connectivity index (χ4n) is 8.27. The van der Waals surface area contributed by atoms with Gasteiger partial charge in [-0.25, -0.2) is 59.8 Å². The van der Waals surface area contributed by atoms with Crippen LogP contribution in [0.25, 0.3) is 121 Å². The van der Waals surface area contributed by atoms with Crippen LogP contribution in [0.3, 0.4) is 0 Å². The normalized spacial score (nSPS) is 12.5. The van der Waals surface area contributed by atoms with Crippen molar-refractivity contribution in [2.45, 2.75) is 6.42 Å². The molecule has 5 N–H and O–H groups in total. The van der Waals surface area contributed by atoms with Gasteiger partial charge in [0.25, 0.3) is 0 Å². The molecule has 60 heavy (non-hydrogen) atoms. The molecule has 0 amide bonds. The maximum absolute atomic E-state index is 4.68. The Morgan fingerprint density at radius 3 is 1.47 bits per heavy atom. The number of aromatic nitrogens is 16. The Morgan fingerprint density at radius 1 is 0.383 bits per heavy atom. The summed E-state index contributed by atoms with van der Waals surface area (Å²) in [4.78, 5) is 68.6. The summed E-state index contributed by atoms with van der Waals surface area (Å²) in [6, 6.07) is 26.0. The number of aromatic amines is 5. The van der Waals surface area contributed by atoms with Crippen LogP contribution >= 0.6 is 0 Å². The molecule has 0 fully saturated rings. The van der Waals surface area contributed by atoms with Crippen molar-refractivity contribution in [1.29, 1.82) is 0 Å². The first kappa shape index (κ1) is 32.2. The van der Waals surface area contributed by atoms with Gasteiger partial charge in [0.2, 0.25) is 0 Å². The summed E-state index contributed by atoms with van der Waals surface area (Å²) in [5.74, 6) is 0.765. The second kappa shape index (κ2) is 12.3. The number of benzene rings is 6. The van der Waals surface area contributed by atoms with E-state index in [4.69, 9.17) is 0 Å². The van der Waals surface area contributed by atoms with E-state index in [1.54, 1.807) is 19.0 Å². The molecule has 0 unspecified atom stereocenters. The first-order valence-electron chi connectivity index (χ1n) is 19.0. The zero-order valence-electron chi connectivity index (χ0n) is 31.0. The van der Waals surface area contributed by atoms with E-state index < -0.39 is 0 Å². The molecule has 14 aromatic rings. The van der Waals surface area contributed by atoms with E-state index in [-0.39, 0.29) is 0 Å². The minimum atomic E-state index is 0.460. The van der Waals surface area contributed by atoms with Crippen LogP contribution in [0.4, 0.5) is 5.82 Å². The van der Waals surface area contributed by atoms with Crippen molar-refractivity contribution in [2.24, 2.45) is 4.99 Å². The predicted molar refractivity (Wildman–Crippen MR) is 231 cm³/mol. The molecule has 17 nitrogen and oxygen atoms in total. The summed E-state index contributed by atoms with van der Waals surface area (Å²) >= 11 is 0. The van der Waals surface area contributed by atoms with Gasteiger partial charge in [-0.2, -0.15) is 0 Å². The minimum absolute atomic E-state index is 0.460. The molecular formula is C43H25N17. The van der Waals surface area contributed by atoms with Crippen molar-refractivity contribution < 1.29 is 0 Å². The van der Waals surface area contributed by atoms with Gasteiger partial charge in [-0.1, -0.05) is 72.8 Å². The van der Waals surface area contributed by atoms with Gasteiger partial charge in [0.15, 0.2) is 22.6 Å². The Labute approximate surface area is 333 Å². The van der Waals surface area contributed by atoms with E-state index in [1.807, 2.05) is 6.21 Å². The Kier molecular flexibility index (Phi) is 6.62. The van der Waals surface area contributed by atoms with E-state index in [9.17, 15) is 0 Å². The number of nitrogens with one attached hydrogen (secondary N) is 5. The Morgan fingerprint density at radius 2 is 0.867 bits per heavy atom.